The Hall–Kier alpha value is -0.960. The van der Waals surface area contributed by atoms with E-state index in [1.165, 1.54) is 41.7 Å². The van der Waals surface area contributed by atoms with E-state index in [-0.39, 0.29) is 5.92 Å². The average Bonchev–Trinajstić information content (AvgIpc) is 2.49. The van der Waals surface area contributed by atoms with Crippen LogP contribution in [0.4, 0.5) is 0 Å². The Morgan fingerprint density at radius 2 is 1.95 bits per heavy atom. The molecule has 1 N–H and O–H groups in total. The Morgan fingerprint density at radius 1 is 1.24 bits per heavy atom. The van der Waals surface area contributed by atoms with Crippen molar-refractivity contribution in [2.24, 2.45) is 0 Å². The molecule has 116 valence electrons. The van der Waals surface area contributed by atoms with Gasteiger partial charge in [0.05, 0.1) is 5.92 Å². The van der Waals surface area contributed by atoms with Crippen molar-refractivity contribution in [1.29, 1.82) is 0 Å². The lowest BCUT2D eigenvalue weighted by atomic mass is 9.90. The largest absolute Gasteiger partial charge is 0.481 e. The van der Waals surface area contributed by atoms with Crippen LogP contribution < -0.4 is 0 Å². The van der Waals surface area contributed by atoms with Gasteiger partial charge in [0.2, 0.25) is 0 Å². The second-order valence-electron chi connectivity index (χ2n) is 5.91. The summed E-state index contributed by atoms with van der Waals surface area (Å²) >= 11 is 1.86. The van der Waals surface area contributed by atoms with Gasteiger partial charge < -0.3 is 5.11 Å². The van der Waals surface area contributed by atoms with E-state index in [1.807, 2.05) is 11.8 Å². The number of unbranched alkanes of at least 4 members (excludes halogenated alkanes) is 2. The smallest absolute Gasteiger partial charge is 0.311 e. The molecule has 3 heteroatoms. The molecule has 1 heterocycles. The van der Waals surface area contributed by atoms with E-state index in [0.717, 1.165) is 30.6 Å². The molecular formula is C18H26O2S. The van der Waals surface area contributed by atoms with Crippen LogP contribution in [0.3, 0.4) is 0 Å². The molecular weight excluding hydrogens is 280 g/mol. The van der Waals surface area contributed by atoms with E-state index in [1.54, 1.807) is 0 Å². The third-order valence-corrected chi connectivity index (χ3v) is 5.43. The summed E-state index contributed by atoms with van der Waals surface area (Å²) in [7, 11) is 0. The van der Waals surface area contributed by atoms with E-state index in [2.05, 4.69) is 26.0 Å². The van der Waals surface area contributed by atoms with Crippen molar-refractivity contribution in [1.82, 2.24) is 0 Å². The quantitative estimate of drug-likeness (QED) is 0.767. The number of rotatable bonds is 7. The average molecular weight is 306 g/mol. The fraction of sp³-hybridized carbons (Fsp3) is 0.611. The molecule has 1 aromatic rings. The summed E-state index contributed by atoms with van der Waals surface area (Å²) in [5.74, 6) is -0.0361. The standard InChI is InChI=1S/C18H26O2S/c1-3-5-7-13-11-14(8-6-4-2)17-16(12-13)15(18(19)20)9-10-21-17/h11-12,15H,3-10H2,1-2H3,(H,19,20). The molecule has 1 aromatic carbocycles. The molecule has 0 saturated heterocycles. The van der Waals surface area contributed by atoms with Crippen LogP contribution >= 0.6 is 11.8 Å². The number of carboxylic acid groups (broad SMARTS) is 1. The monoisotopic (exact) mass is 306 g/mol. The Morgan fingerprint density at radius 3 is 2.62 bits per heavy atom. The van der Waals surface area contributed by atoms with E-state index < -0.39 is 5.97 Å². The van der Waals surface area contributed by atoms with Crippen molar-refractivity contribution >= 4 is 17.7 Å². The molecule has 0 aromatic heterocycles. The number of fused-ring (bicyclic) bond motifs is 1. The lowest BCUT2D eigenvalue weighted by molar-refractivity contribution is -0.138. The third kappa shape index (κ3) is 4.03. The van der Waals surface area contributed by atoms with Gasteiger partial charge in [0.15, 0.2) is 0 Å². The normalized spacial score (nSPS) is 17.5. The molecule has 0 saturated carbocycles. The van der Waals surface area contributed by atoms with Crippen molar-refractivity contribution in [3.63, 3.8) is 0 Å². The number of hydrogen-bond donors (Lipinski definition) is 1. The molecule has 1 aliphatic heterocycles. The zero-order chi connectivity index (χ0) is 15.2. The number of carboxylic acids is 1. The summed E-state index contributed by atoms with van der Waals surface area (Å²) in [6.45, 7) is 4.41. The molecule has 2 nitrogen and oxygen atoms in total. The van der Waals surface area contributed by atoms with E-state index in [0.29, 0.717) is 0 Å². The Kier molecular flexibility index (Phi) is 6.16. The van der Waals surface area contributed by atoms with Gasteiger partial charge >= 0.3 is 5.97 Å². The fourth-order valence-corrected chi connectivity index (χ4v) is 4.26. The number of hydrogen-bond acceptors (Lipinski definition) is 2. The summed E-state index contributed by atoms with van der Waals surface area (Å²) < 4.78 is 0. The van der Waals surface area contributed by atoms with Crippen LogP contribution in [0.2, 0.25) is 0 Å². The van der Waals surface area contributed by atoms with Crippen molar-refractivity contribution in [2.75, 3.05) is 5.75 Å². The van der Waals surface area contributed by atoms with Crippen molar-refractivity contribution in [2.45, 2.75) is 69.6 Å². The minimum atomic E-state index is -0.661. The van der Waals surface area contributed by atoms with Gasteiger partial charge in [0, 0.05) is 4.90 Å². The topological polar surface area (TPSA) is 37.3 Å². The molecule has 1 aliphatic rings. The van der Waals surface area contributed by atoms with Crippen molar-refractivity contribution in [3.8, 4) is 0 Å². The Bertz CT molecular complexity index is 496. The number of aryl methyl sites for hydroxylation is 2. The highest BCUT2D eigenvalue weighted by molar-refractivity contribution is 7.99. The molecule has 1 unspecified atom stereocenters. The lowest BCUT2D eigenvalue weighted by Gasteiger charge is -2.25. The SMILES string of the molecule is CCCCc1cc(CCCC)c2c(c1)C(C(=O)O)CCS2. The van der Waals surface area contributed by atoms with E-state index in [4.69, 9.17) is 0 Å². The first-order valence-electron chi connectivity index (χ1n) is 8.18. The van der Waals surface area contributed by atoms with Gasteiger partial charge in [-0.05, 0) is 54.5 Å². The highest BCUT2D eigenvalue weighted by Crippen LogP contribution is 2.41. The highest BCUT2D eigenvalue weighted by Gasteiger charge is 2.28. The minimum absolute atomic E-state index is 0.303. The summed E-state index contributed by atoms with van der Waals surface area (Å²) in [5, 5.41) is 9.51. The zero-order valence-electron chi connectivity index (χ0n) is 13.2. The minimum Gasteiger partial charge on any atom is -0.481 e. The second kappa shape index (κ2) is 7.88. The summed E-state index contributed by atoms with van der Waals surface area (Å²) in [4.78, 5) is 12.8. The van der Waals surface area contributed by atoms with Crippen LogP contribution in [-0.4, -0.2) is 16.8 Å². The van der Waals surface area contributed by atoms with Crippen LogP contribution in [0.15, 0.2) is 17.0 Å². The van der Waals surface area contributed by atoms with Crippen LogP contribution in [0.5, 0.6) is 0 Å². The van der Waals surface area contributed by atoms with Gasteiger partial charge in [-0.1, -0.05) is 38.8 Å². The van der Waals surface area contributed by atoms with Crippen molar-refractivity contribution < 1.29 is 9.90 Å². The van der Waals surface area contributed by atoms with Crippen LogP contribution in [0.25, 0.3) is 0 Å². The maximum atomic E-state index is 11.6. The van der Waals surface area contributed by atoms with Crippen LogP contribution in [-0.2, 0) is 17.6 Å². The van der Waals surface area contributed by atoms with Gasteiger partial charge in [0.1, 0.15) is 0 Å². The summed E-state index contributed by atoms with van der Waals surface area (Å²) in [6, 6.07) is 4.51. The predicted octanol–water partition coefficient (Wildman–Crippen LogP) is 5.04. The van der Waals surface area contributed by atoms with Gasteiger partial charge in [0.25, 0.3) is 0 Å². The summed E-state index contributed by atoms with van der Waals surface area (Å²) in [6.07, 6.45) is 7.63. The van der Waals surface area contributed by atoms with Gasteiger partial charge in [-0.25, -0.2) is 0 Å². The van der Waals surface area contributed by atoms with Gasteiger partial charge in [-0.15, -0.1) is 11.8 Å². The fourth-order valence-electron chi connectivity index (χ4n) is 2.99. The molecule has 0 fully saturated rings. The number of thioether (sulfide) groups is 1. The molecule has 0 radical (unpaired) electrons. The first-order chi connectivity index (χ1) is 10.2. The molecule has 0 bridgehead atoms. The zero-order valence-corrected chi connectivity index (χ0v) is 14.0. The van der Waals surface area contributed by atoms with Crippen LogP contribution in [0, 0.1) is 0 Å². The van der Waals surface area contributed by atoms with E-state index in [9.17, 15) is 9.90 Å². The number of benzene rings is 1. The van der Waals surface area contributed by atoms with E-state index >= 15 is 0 Å². The molecule has 0 aliphatic carbocycles. The lowest BCUT2D eigenvalue weighted by Crippen LogP contribution is -2.18. The number of carbonyl (C=O) groups is 1. The van der Waals surface area contributed by atoms with Crippen molar-refractivity contribution in [3.05, 3.63) is 28.8 Å². The summed E-state index contributed by atoms with van der Waals surface area (Å²) in [5.41, 5.74) is 3.80. The highest BCUT2D eigenvalue weighted by atomic mass is 32.2. The van der Waals surface area contributed by atoms with Crippen LogP contribution in [0.1, 0.15) is 68.6 Å². The molecule has 2 rings (SSSR count). The Labute approximate surface area is 132 Å². The molecule has 21 heavy (non-hydrogen) atoms. The first kappa shape index (κ1) is 16.4. The maximum absolute atomic E-state index is 11.6. The second-order valence-corrected chi connectivity index (χ2v) is 7.01. The van der Waals surface area contributed by atoms with Gasteiger partial charge in [-0.2, -0.15) is 0 Å². The number of aliphatic carboxylic acids is 1. The maximum Gasteiger partial charge on any atom is 0.311 e. The molecule has 1 atom stereocenters. The Balaban J connectivity index is 2.39. The predicted molar refractivity (Wildman–Crippen MR) is 89.4 cm³/mol. The first-order valence-corrected chi connectivity index (χ1v) is 9.17. The third-order valence-electron chi connectivity index (χ3n) is 4.20. The molecule has 0 spiro atoms. The van der Waals surface area contributed by atoms with Gasteiger partial charge in [-0.3, -0.25) is 4.79 Å². The molecule has 0 amide bonds.